The van der Waals surface area contributed by atoms with E-state index in [-0.39, 0.29) is 50.5 Å². The van der Waals surface area contributed by atoms with E-state index in [4.69, 9.17) is 17.2 Å². The molecule has 0 aliphatic heterocycles. The van der Waals surface area contributed by atoms with Crippen molar-refractivity contribution < 1.29 is 48.3 Å². The normalized spacial score (nSPS) is 14.6. The van der Waals surface area contributed by atoms with Crippen molar-refractivity contribution in [2.45, 2.75) is 136 Å². The van der Waals surface area contributed by atoms with Crippen LogP contribution in [0.4, 0.5) is 0 Å². The second-order valence-electron chi connectivity index (χ2n) is 17.9. The summed E-state index contributed by atoms with van der Waals surface area (Å²) in [5, 5.41) is 30.2. The van der Waals surface area contributed by atoms with E-state index >= 15 is 0 Å². The van der Waals surface area contributed by atoms with Crippen molar-refractivity contribution in [3.05, 3.63) is 54.1 Å². The number of carbonyl (C=O) groups is 9. The molecule has 8 atom stereocenters. The zero-order valence-corrected chi connectivity index (χ0v) is 40.6. The van der Waals surface area contributed by atoms with Gasteiger partial charge in [0.05, 0.1) is 18.9 Å². The minimum Gasteiger partial charge on any atom is -0.480 e. The third kappa shape index (κ3) is 21.2. The minimum atomic E-state index is -1.34. The predicted octanol–water partition coefficient (Wildman–Crippen LogP) is -2.43. The highest BCUT2D eigenvalue weighted by molar-refractivity contribution is 5.97. The van der Waals surface area contributed by atoms with Gasteiger partial charge in [-0.1, -0.05) is 71.9 Å². The molecule has 0 aliphatic carbocycles. The molecule has 0 saturated heterocycles. The Morgan fingerprint density at radius 3 is 1.77 bits per heavy atom. The summed E-state index contributed by atoms with van der Waals surface area (Å²) in [7, 11) is 0. The Morgan fingerprint density at radius 1 is 0.652 bits per heavy atom. The number of rotatable bonds is 29. The van der Waals surface area contributed by atoms with Crippen molar-refractivity contribution in [2.75, 3.05) is 13.1 Å². The van der Waals surface area contributed by atoms with E-state index < -0.39 is 120 Å². The third-order valence-corrected chi connectivity index (χ3v) is 10.5. The molecule has 0 radical (unpaired) electrons. The van der Waals surface area contributed by atoms with Crippen LogP contribution in [0, 0.1) is 17.8 Å². The number of H-pyrrole nitrogens is 1. The van der Waals surface area contributed by atoms with E-state index in [9.17, 15) is 48.3 Å². The first-order chi connectivity index (χ1) is 32.4. The third-order valence-electron chi connectivity index (χ3n) is 10.5. The number of nitrogens with one attached hydrogen (secondary N) is 9. The van der Waals surface area contributed by atoms with Gasteiger partial charge in [0, 0.05) is 31.3 Å². The molecular weight excluding hydrogens is 897 g/mol. The SMILES string of the molecule is CC(C)C[C@H](NC(=O)[C@H](C)N)C(=O)N[C@@H](CCCN=C(N)N)C(=O)NCC(=O)N[C@@H](Cc1cnc[nH]1)C(=O)N[C@H](C(=O)N[C@@H](Cc1ccccc1)C(=O)N[C@@H](C)C(=O)N[C@H](C(=O)O)C(C)C)C(C)C. The summed E-state index contributed by atoms with van der Waals surface area (Å²) in [4.78, 5) is 130. The van der Waals surface area contributed by atoms with Crippen LogP contribution in [-0.4, -0.2) is 136 Å². The standard InChI is InChI=1S/C45H72N14O10/c1-23(2)17-31(56-37(61)26(7)46)41(65)55-30(15-12-16-50-45(47)48)39(63)51-21-34(60)54-33(19-29-20-49-22-52-29)42(66)58-35(24(3)4)43(67)57-32(18-28-13-10-9-11-14-28)40(64)53-27(8)38(62)59-36(25(5)6)44(68)69/h9-11,13-14,20,22-27,30-33,35-36H,12,15-19,21,46H2,1-8H3,(H,49,52)(H,51,63)(H,53,64)(H,54,60)(H,55,65)(H,56,61)(H,57,67)(H,58,66)(H,59,62)(H,68,69)(H4,47,48,50)/t26-,27-,30-,31-,32-,33-,35-,36-/m0/s1. The van der Waals surface area contributed by atoms with Gasteiger partial charge in [-0.2, -0.15) is 0 Å². The number of carbonyl (C=O) groups excluding carboxylic acids is 8. The first-order valence-corrected chi connectivity index (χ1v) is 22.8. The zero-order valence-electron chi connectivity index (χ0n) is 40.6. The van der Waals surface area contributed by atoms with Crippen LogP contribution in [0.3, 0.4) is 0 Å². The molecule has 1 heterocycles. The molecule has 1 aromatic heterocycles. The lowest BCUT2D eigenvalue weighted by Gasteiger charge is -2.28. The number of nitrogens with two attached hydrogens (primary N) is 3. The van der Waals surface area contributed by atoms with Crippen LogP contribution in [0.25, 0.3) is 0 Å². The minimum absolute atomic E-state index is 0.0249. The van der Waals surface area contributed by atoms with Gasteiger partial charge in [-0.25, -0.2) is 9.78 Å². The van der Waals surface area contributed by atoms with E-state index in [0.29, 0.717) is 11.3 Å². The van der Waals surface area contributed by atoms with Crippen molar-refractivity contribution >= 4 is 59.2 Å². The molecule has 0 aliphatic rings. The molecule has 382 valence electrons. The fourth-order valence-electron chi connectivity index (χ4n) is 6.69. The lowest BCUT2D eigenvalue weighted by Crippen LogP contribution is -2.60. The van der Waals surface area contributed by atoms with E-state index in [0.717, 1.165) is 0 Å². The quantitative estimate of drug-likeness (QED) is 0.0229. The molecule has 0 spiro atoms. The van der Waals surface area contributed by atoms with Gasteiger partial charge in [-0.15, -0.1) is 0 Å². The summed E-state index contributed by atoms with van der Waals surface area (Å²) in [6.07, 6.45) is 3.13. The summed E-state index contributed by atoms with van der Waals surface area (Å²) in [5.41, 5.74) is 17.7. The highest BCUT2D eigenvalue weighted by Crippen LogP contribution is 2.11. The summed E-state index contributed by atoms with van der Waals surface area (Å²) in [6, 6.07) is -0.736. The van der Waals surface area contributed by atoms with E-state index in [1.54, 1.807) is 58.0 Å². The highest BCUT2D eigenvalue weighted by Gasteiger charge is 2.34. The van der Waals surface area contributed by atoms with Crippen LogP contribution in [0.5, 0.6) is 0 Å². The molecule has 0 bridgehead atoms. The molecule has 16 N–H and O–H groups in total. The molecule has 69 heavy (non-hydrogen) atoms. The van der Waals surface area contributed by atoms with Crippen LogP contribution >= 0.6 is 0 Å². The van der Waals surface area contributed by atoms with Gasteiger partial charge in [-0.3, -0.25) is 43.3 Å². The Kier molecular flexibility index (Phi) is 24.3. The number of aliphatic imine (C=N–C) groups is 1. The van der Waals surface area contributed by atoms with Crippen molar-refractivity contribution in [3.63, 3.8) is 0 Å². The molecule has 24 heteroatoms. The molecule has 2 rings (SSSR count). The summed E-state index contributed by atoms with van der Waals surface area (Å²) < 4.78 is 0. The second kappa shape index (κ2) is 28.9. The predicted molar refractivity (Wildman–Crippen MR) is 255 cm³/mol. The van der Waals surface area contributed by atoms with Gasteiger partial charge in [0.2, 0.25) is 47.3 Å². The summed E-state index contributed by atoms with van der Waals surface area (Å²) >= 11 is 0. The first kappa shape index (κ1) is 58.0. The topological polar surface area (TPSA) is 389 Å². The maximum Gasteiger partial charge on any atom is 0.326 e. The molecular formula is C45H72N14O10. The number of hydrogen-bond acceptors (Lipinski definition) is 12. The molecule has 24 nitrogen and oxygen atoms in total. The van der Waals surface area contributed by atoms with Crippen molar-refractivity contribution in [1.82, 2.24) is 52.5 Å². The number of guanidine groups is 1. The number of amides is 8. The number of aliphatic carboxylic acids is 1. The molecule has 2 aromatic rings. The number of aromatic nitrogens is 2. The van der Waals surface area contributed by atoms with E-state index in [1.807, 2.05) is 13.8 Å². The lowest BCUT2D eigenvalue weighted by molar-refractivity contribution is -0.143. The number of hydrogen-bond donors (Lipinski definition) is 13. The summed E-state index contributed by atoms with van der Waals surface area (Å²) in [5.74, 6) is -8.38. The van der Waals surface area contributed by atoms with E-state index in [1.165, 1.54) is 26.4 Å². The van der Waals surface area contributed by atoms with Crippen LogP contribution in [0.15, 0.2) is 47.8 Å². The number of nitrogens with zero attached hydrogens (tertiary/aromatic N) is 2. The van der Waals surface area contributed by atoms with Gasteiger partial charge >= 0.3 is 5.97 Å². The van der Waals surface area contributed by atoms with Gasteiger partial charge in [-0.05, 0) is 56.4 Å². The average Bonchev–Trinajstić information content (AvgIpc) is 3.79. The molecule has 0 saturated carbocycles. The molecule has 0 unspecified atom stereocenters. The lowest BCUT2D eigenvalue weighted by atomic mass is 10.00. The van der Waals surface area contributed by atoms with Crippen LogP contribution in [0.2, 0.25) is 0 Å². The number of benzene rings is 1. The fourth-order valence-corrected chi connectivity index (χ4v) is 6.69. The number of imidazole rings is 1. The molecule has 8 amide bonds. The van der Waals surface area contributed by atoms with Crippen LogP contribution < -0.4 is 59.7 Å². The Hall–Kier alpha value is -7.11. The summed E-state index contributed by atoms with van der Waals surface area (Å²) in [6.45, 7) is 12.5. The Labute approximate surface area is 402 Å². The average molecular weight is 969 g/mol. The molecule has 1 aromatic carbocycles. The van der Waals surface area contributed by atoms with Crippen molar-refractivity contribution in [1.29, 1.82) is 0 Å². The van der Waals surface area contributed by atoms with Gasteiger partial charge < -0.3 is 69.8 Å². The van der Waals surface area contributed by atoms with Crippen molar-refractivity contribution in [3.8, 4) is 0 Å². The van der Waals surface area contributed by atoms with Gasteiger partial charge in [0.25, 0.3) is 0 Å². The van der Waals surface area contributed by atoms with Gasteiger partial charge in [0.15, 0.2) is 5.96 Å². The Balaban J connectivity index is 2.30. The van der Waals surface area contributed by atoms with Crippen LogP contribution in [-0.2, 0) is 56.0 Å². The number of carboxylic acids is 1. The Morgan fingerprint density at radius 2 is 1.22 bits per heavy atom. The monoisotopic (exact) mass is 969 g/mol. The zero-order chi connectivity index (χ0) is 52.0. The highest BCUT2D eigenvalue weighted by atomic mass is 16.4. The van der Waals surface area contributed by atoms with Crippen LogP contribution in [0.1, 0.15) is 85.9 Å². The largest absolute Gasteiger partial charge is 0.480 e. The van der Waals surface area contributed by atoms with Crippen molar-refractivity contribution in [2.24, 2.45) is 39.9 Å². The number of aromatic amines is 1. The first-order valence-electron chi connectivity index (χ1n) is 22.8. The van der Waals surface area contributed by atoms with Gasteiger partial charge in [0.1, 0.15) is 42.3 Å². The maximum absolute atomic E-state index is 14.1. The smallest absolute Gasteiger partial charge is 0.326 e. The van der Waals surface area contributed by atoms with E-state index in [2.05, 4.69) is 57.5 Å². The second-order valence-corrected chi connectivity index (χ2v) is 17.9. The Bertz CT molecular complexity index is 2060. The molecule has 0 fully saturated rings. The fraction of sp³-hybridized carbons (Fsp3) is 0.578. The number of carboxylic acid groups (broad SMARTS) is 1. The maximum atomic E-state index is 14.1.